The zero-order chi connectivity index (χ0) is 28.1. The van der Waals surface area contributed by atoms with Crippen LogP contribution >= 0.6 is 0 Å². The molecule has 12 heteroatoms. The van der Waals surface area contributed by atoms with Gasteiger partial charge in [0.2, 0.25) is 0 Å². The number of halogens is 3. The Bertz CT molecular complexity index is 1580. The summed E-state index contributed by atoms with van der Waals surface area (Å²) >= 11 is 0. The summed E-state index contributed by atoms with van der Waals surface area (Å²) in [5, 5.41) is 8.36. The van der Waals surface area contributed by atoms with Crippen LogP contribution in [0.1, 0.15) is 47.7 Å². The van der Waals surface area contributed by atoms with Crippen molar-refractivity contribution >= 4 is 11.5 Å². The number of alkyl halides is 3. The summed E-state index contributed by atoms with van der Waals surface area (Å²) in [6.07, 6.45) is 2.75. The smallest absolute Gasteiger partial charge is 0.331 e. The van der Waals surface area contributed by atoms with Crippen LogP contribution in [0, 0.1) is 5.92 Å². The van der Waals surface area contributed by atoms with E-state index in [1.54, 1.807) is 32.6 Å². The number of urea groups is 1. The maximum Gasteiger partial charge on any atom is 0.418 e. The van der Waals surface area contributed by atoms with Crippen LogP contribution in [-0.2, 0) is 19.8 Å². The predicted octanol–water partition coefficient (Wildman–Crippen LogP) is 4.28. The van der Waals surface area contributed by atoms with Gasteiger partial charge < -0.3 is 14.4 Å². The van der Waals surface area contributed by atoms with Gasteiger partial charge in [0.25, 0.3) is 0 Å². The first-order chi connectivity index (χ1) is 18.5. The van der Waals surface area contributed by atoms with Crippen molar-refractivity contribution in [1.29, 1.82) is 0 Å². The molecular formula is C27H30F3N7O2. The number of nitrogens with zero attached hydrogens (tertiary/aromatic N) is 7. The van der Waals surface area contributed by atoms with Gasteiger partial charge in [0.05, 0.1) is 16.8 Å². The molecule has 3 aromatic heterocycles. The molecule has 0 N–H and O–H groups in total. The third-order valence-corrected chi connectivity index (χ3v) is 7.41. The third-order valence-electron chi connectivity index (χ3n) is 7.41. The van der Waals surface area contributed by atoms with E-state index in [1.807, 2.05) is 23.7 Å². The molecule has 1 aromatic carbocycles. The van der Waals surface area contributed by atoms with E-state index in [0.29, 0.717) is 11.6 Å². The number of amides is 2. The number of hydrogen-bond acceptors (Lipinski definition) is 4. The van der Waals surface area contributed by atoms with Crippen molar-refractivity contribution in [1.82, 2.24) is 33.5 Å². The van der Waals surface area contributed by atoms with Gasteiger partial charge in [-0.3, -0.25) is 8.97 Å². The van der Waals surface area contributed by atoms with E-state index in [0.717, 1.165) is 41.1 Å². The number of pyridine rings is 1. The molecule has 1 saturated carbocycles. The second kappa shape index (κ2) is 9.90. The quantitative estimate of drug-likeness (QED) is 0.365. The number of aromatic nitrogens is 5. The van der Waals surface area contributed by atoms with Crippen LogP contribution in [0.5, 0.6) is 0 Å². The predicted molar refractivity (Wildman–Crippen MR) is 139 cm³/mol. The molecule has 5 rings (SSSR count). The zero-order valence-electron chi connectivity index (χ0n) is 22.2. The van der Waals surface area contributed by atoms with E-state index in [4.69, 9.17) is 0 Å². The molecule has 1 atom stereocenters. The fourth-order valence-electron chi connectivity index (χ4n) is 5.27. The van der Waals surface area contributed by atoms with Crippen LogP contribution in [0.4, 0.5) is 18.0 Å². The molecule has 0 bridgehead atoms. The van der Waals surface area contributed by atoms with E-state index in [-0.39, 0.29) is 29.6 Å². The van der Waals surface area contributed by atoms with Gasteiger partial charge in [0.15, 0.2) is 0 Å². The second-order valence-electron chi connectivity index (χ2n) is 10.4. The minimum atomic E-state index is -4.70. The van der Waals surface area contributed by atoms with Gasteiger partial charge >= 0.3 is 17.9 Å². The molecule has 0 saturated heterocycles. The summed E-state index contributed by atoms with van der Waals surface area (Å²) in [5.74, 6) is 1.14. The number of hydrogen-bond donors (Lipinski definition) is 0. The van der Waals surface area contributed by atoms with Gasteiger partial charge in [0.1, 0.15) is 12.2 Å². The monoisotopic (exact) mass is 541 g/mol. The van der Waals surface area contributed by atoms with Gasteiger partial charge in [-0.25, -0.2) is 9.59 Å². The minimum absolute atomic E-state index is 0.0407. The first-order valence-corrected chi connectivity index (χ1v) is 12.7. The maximum absolute atomic E-state index is 14.1. The SMILES string of the molecule is CN(C)C(=O)N(C)Cc1cc(C(F)(F)F)c2cn(-c3cccc([C@H](c4nncn4C)C4CCC4)c3)c(=O)n2c1. The van der Waals surface area contributed by atoms with E-state index in [9.17, 15) is 22.8 Å². The number of rotatable bonds is 6. The number of fused-ring (bicyclic) bond motifs is 1. The average Bonchev–Trinajstić information content (AvgIpc) is 3.42. The molecular weight excluding hydrogens is 511 g/mol. The van der Waals surface area contributed by atoms with Gasteiger partial charge in [-0.1, -0.05) is 18.6 Å². The molecule has 1 fully saturated rings. The molecule has 0 radical (unpaired) electrons. The Morgan fingerprint density at radius 2 is 1.90 bits per heavy atom. The summed E-state index contributed by atoms with van der Waals surface area (Å²) in [6.45, 7) is -0.0933. The fraction of sp³-hybridized carbons (Fsp3) is 0.407. The van der Waals surface area contributed by atoms with Crippen molar-refractivity contribution in [2.45, 2.75) is 37.9 Å². The fourth-order valence-corrected chi connectivity index (χ4v) is 5.27. The number of imidazole rings is 1. The van der Waals surface area contributed by atoms with Crippen LogP contribution < -0.4 is 5.69 Å². The Kier molecular flexibility index (Phi) is 6.73. The van der Waals surface area contributed by atoms with E-state index >= 15 is 0 Å². The Morgan fingerprint density at radius 1 is 1.15 bits per heavy atom. The molecule has 2 amide bonds. The van der Waals surface area contributed by atoms with Crippen LogP contribution in [0.15, 0.2) is 53.8 Å². The Hall–Kier alpha value is -4.09. The van der Waals surface area contributed by atoms with E-state index in [2.05, 4.69) is 10.2 Å². The van der Waals surface area contributed by atoms with Crippen LogP contribution in [-0.4, -0.2) is 60.7 Å². The van der Waals surface area contributed by atoms with Crippen LogP contribution in [0.2, 0.25) is 0 Å². The lowest BCUT2D eigenvalue weighted by Crippen LogP contribution is -2.36. The van der Waals surface area contributed by atoms with Crippen molar-refractivity contribution in [3.05, 3.63) is 82.1 Å². The minimum Gasteiger partial charge on any atom is -0.331 e. The number of carbonyl (C=O) groups excluding carboxylic acids is 1. The lowest BCUT2D eigenvalue weighted by Gasteiger charge is -2.33. The summed E-state index contributed by atoms with van der Waals surface area (Å²) in [6, 6.07) is 7.94. The lowest BCUT2D eigenvalue weighted by atomic mass is 9.72. The first-order valence-electron chi connectivity index (χ1n) is 12.7. The molecule has 3 heterocycles. The third kappa shape index (κ3) is 4.90. The largest absolute Gasteiger partial charge is 0.418 e. The molecule has 1 aliphatic carbocycles. The Balaban J connectivity index is 1.60. The van der Waals surface area contributed by atoms with Crippen molar-refractivity contribution in [3.63, 3.8) is 0 Å². The van der Waals surface area contributed by atoms with E-state index in [1.165, 1.54) is 33.8 Å². The van der Waals surface area contributed by atoms with Crippen molar-refractivity contribution in [2.24, 2.45) is 13.0 Å². The van der Waals surface area contributed by atoms with Crippen LogP contribution in [0.25, 0.3) is 11.2 Å². The second-order valence-corrected chi connectivity index (χ2v) is 10.4. The molecule has 39 heavy (non-hydrogen) atoms. The summed E-state index contributed by atoms with van der Waals surface area (Å²) in [5.41, 5.74) is -0.252. The summed E-state index contributed by atoms with van der Waals surface area (Å²) in [7, 11) is 6.49. The maximum atomic E-state index is 14.1. The molecule has 0 unspecified atom stereocenters. The molecule has 0 spiro atoms. The molecule has 0 aliphatic heterocycles. The van der Waals surface area contributed by atoms with Crippen molar-refractivity contribution in [3.8, 4) is 5.69 Å². The van der Waals surface area contributed by atoms with Crippen molar-refractivity contribution < 1.29 is 18.0 Å². The first kappa shape index (κ1) is 26.5. The Morgan fingerprint density at radius 3 is 2.49 bits per heavy atom. The topological polar surface area (TPSA) is 80.7 Å². The molecule has 9 nitrogen and oxygen atoms in total. The molecule has 206 valence electrons. The Labute approximate surface area is 223 Å². The highest BCUT2D eigenvalue weighted by Crippen LogP contribution is 2.43. The summed E-state index contributed by atoms with van der Waals surface area (Å²) in [4.78, 5) is 28.4. The highest BCUT2D eigenvalue weighted by atomic mass is 19.4. The van der Waals surface area contributed by atoms with Gasteiger partial charge in [0, 0.05) is 53.0 Å². The van der Waals surface area contributed by atoms with Crippen molar-refractivity contribution in [2.75, 3.05) is 21.1 Å². The standard InChI is InChI=1S/C27H30F3N7O2/c1-33(2)25(38)34(3)13-17-11-21(27(28,29)30)22-15-36(26(39)37(22)14-17)20-10-6-9-19(12-20)23(18-7-5-8-18)24-32-31-16-35(24)4/h6,9-12,14-16,18,23H,5,7-8,13H2,1-4H3/t23-/m1/s1. The van der Waals surface area contributed by atoms with Gasteiger partial charge in [-0.2, -0.15) is 13.2 Å². The zero-order valence-corrected chi connectivity index (χ0v) is 22.2. The molecule has 4 aromatic rings. The average molecular weight is 542 g/mol. The van der Waals surface area contributed by atoms with Gasteiger partial charge in [-0.05, 0) is 48.1 Å². The highest BCUT2D eigenvalue weighted by molar-refractivity contribution is 5.73. The number of aryl methyl sites for hydroxylation is 1. The lowest BCUT2D eigenvalue weighted by molar-refractivity contribution is -0.136. The van der Waals surface area contributed by atoms with Crippen LogP contribution in [0.3, 0.4) is 0 Å². The number of carbonyl (C=O) groups is 1. The van der Waals surface area contributed by atoms with E-state index < -0.39 is 17.4 Å². The highest BCUT2D eigenvalue weighted by Gasteiger charge is 2.35. The van der Waals surface area contributed by atoms with Gasteiger partial charge in [-0.15, -0.1) is 10.2 Å². The summed E-state index contributed by atoms with van der Waals surface area (Å²) < 4.78 is 46.5. The normalized spacial score (nSPS) is 14.8. The number of benzene rings is 1. The molecule has 1 aliphatic rings.